The van der Waals surface area contributed by atoms with Crippen LogP contribution in [0.2, 0.25) is 0 Å². The highest BCUT2D eigenvalue weighted by Gasteiger charge is 2.19. The first kappa shape index (κ1) is 61.6. The lowest BCUT2D eigenvalue weighted by molar-refractivity contribution is -0.167. The van der Waals surface area contributed by atoms with Crippen LogP contribution in [0.4, 0.5) is 0 Å². The number of esters is 3. The Kier molecular flexibility index (Phi) is 50.4. The minimum atomic E-state index is -0.794. The van der Waals surface area contributed by atoms with Gasteiger partial charge in [0.15, 0.2) is 6.10 Å². The van der Waals surface area contributed by atoms with Crippen molar-refractivity contribution < 1.29 is 28.6 Å². The predicted octanol–water partition coefficient (Wildman–Crippen LogP) is 18.0. The van der Waals surface area contributed by atoms with Crippen molar-refractivity contribution >= 4 is 17.9 Å². The van der Waals surface area contributed by atoms with E-state index in [1.807, 2.05) is 0 Å². The average Bonchev–Trinajstić information content (AvgIpc) is 3.30. The molecule has 0 aromatic rings. The molecule has 0 aliphatic carbocycles. The van der Waals surface area contributed by atoms with Gasteiger partial charge in [0, 0.05) is 19.3 Å². The first-order chi connectivity index (χ1) is 32.0. The van der Waals surface area contributed by atoms with Crippen LogP contribution in [0, 0.1) is 0 Å². The van der Waals surface area contributed by atoms with E-state index in [4.69, 9.17) is 14.2 Å². The summed E-state index contributed by atoms with van der Waals surface area (Å²) in [5.41, 5.74) is 0. The molecule has 1 atom stereocenters. The van der Waals surface area contributed by atoms with E-state index >= 15 is 0 Å². The Morgan fingerprint density at radius 2 is 0.662 bits per heavy atom. The van der Waals surface area contributed by atoms with E-state index in [0.717, 1.165) is 116 Å². The Labute approximate surface area is 401 Å². The van der Waals surface area contributed by atoms with Gasteiger partial charge < -0.3 is 14.2 Å². The molecule has 6 heteroatoms. The van der Waals surface area contributed by atoms with Crippen LogP contribution in [0.5, 0.6) is 0 Å². The lowest BCUT2D eigenvalue weighted by Crippen LogP contribution is -2.30. The van der Waals surface area contributed by atoms with Crippen LogP contribution in [-0.2, 0) is 28.6 Å². The number of ether oxygens (including phenoxy) is 3. The molecule has 0 spiro atoms. The zero-order valence-electron chi connectivity index (χ0n) is 42.5. The van der Waals surface area contributed by atoms with Gasteiger partial charge in [-0.3, -0.25) is 14.4 Å². The van der Waals surface area contributed by atoms with Gasteiger partial charge in [0.05, 0.1) is 0 Å². The second-order valence-corrected chi connectivity index (χ2v) is 17.9. The predicted molar refractivity (Wildman–Crippen MR) is 279 cm³/mol. The maximum absolute atomic E-state index is 12.8. The van der Waals surface area contributed by atoms with E-state index in [1.165, 1.54) is 96.3 Å². The maximum Gasteiger partial charge on any atom is 0.306 e. The number of carbonyl (C=O) groups excluding carboxylic acids is 3. The highest BCUT2D eigenvalue weighted by molar-refractivity contribution is 5.71. The molecule has 1 unspecified atom stereocenters. The van der Waals surface area contributed by atoms with Crippen molar-refractivity contribution in [3.63, 3.8) is 0 Å². The lowest BCUT2D eigenvalue weighted by Gasteiger charge is -2.18. The summed E-state index contributed by atoms with van der Waals surface area (Å²) in [5, 5.41) is 0. The van der Waals surface area contributed by atoms with Crippen molar-refractivity contribution in [2.24, 2.45) is 0 Å². The molecular formula is C59H100O6. The van der Waals surface area contributed by atoms with E-state index in [2.05, 4.69) is 106 Å². The Morgan fingerprint density at radius 1 is 0.338 bits per heavy atom. The van der Waals surface area contributed by atoms with Gasteiger partial charge in [-0.2, -0.15) is 0 Å². The van der Waals surface area contributed by atoms with Crippen molar-refractivity contribution in [1.82, 2.24) is 0 Å². The SMILES string of the molecule is CC/C=C\C/C=C\C/C=C\CCCCCCC(=O)OCC(COC(=O)CCCCCCC\C=C/C=C\C=C/C=C\CCCCC)OC(=O)CCCCCCCCCCCCCCCCC. The molecule has 0 amide bonds. The third-order valence-electron chi connectivity index (χ3n) is 11.5. The normalized spacial score (nSPS) is 12.7. The Balaban J connectivity index is 4.46. The molecule has 0 heterocycles. The third kappa shape index (κ3) is 51.4. The molecule has 372 valence electrons. The van der Waals surface area contributed by atoms with Crippen LogP contribution in [0.15, 0.2) is 85.1 Å². The minimum absolute atomic E-state index is 0.0949. The van der Waals surface area contributed by atoms with Gasteiger partial charge in [-0.1, -0.05) is 241 Å². The number of hydrogen-bond acceptors (Lipinski definition) is 6. The molecule has 65 heavy (non-hydrogen) atoms. The first-order valence-corrected chi connectivity index (χ1v) is 27.1. The molecule has 0 rings (SSSR count). The number of hydrogen-bond donors (Lipinski definition) is 0. The Morgan fingerprint density at radius 3 is 1.11 bits per heavy atom. The standard InChI is InChI=1S/C59H100O6/c1-4-7-10-13-16-19-22-25-28-29-30-32-34-37-40-43-46-49-52-58(61)64-55-56(54-63-57(60)51-48-45-42-39-36-33-27-24-21-18-15-12-9-6-3)65-59(62)53-50-47-44-41-38-35-31-26-23-20-17-14-11-8-5-2/h9,12,16,18-19,21-22,25,27-30,32-33,56H,4-8,10-11,13-15,17,20,23-24,26,31,34-55H2,1-3H3/b12-9-,19-16-,21-18-,25-22-,29-28-,32-30-,33-27-. The van der Waals surface area contributed by atoms with Crippen LogP contribution in [0.1, 0.15) is 252 Å². The smallest absolute Gasteiger partial charge is 0.306 e. The zero-order chi connectivity index (χ0) is 47.2. The summed E-state index contributed by atoms with van der Waals surface area (Å²) < 4.78 is 16.8. The van der Waals surface area contributed by atoms with Gasteiger partial charge >= 0.3 is 17.9 Å². The van der Waals surface area contributed by atoms with Gasteiger partial charge in [0.25, 0.3) is 0 Å². The van der Waals surface area contributed by atoms with Crippen LogP contribution in [0.3, 0.4) is 0 Å². The number of allylic oxidation sites excluding steroid dienone is 14. The topological polar surface area (TPSA) is 78.9 Å². The summed E-state index contributed by atoms with van der Waals surface area (Å²) in [6.07, 6.45) is 68.5. The zero-order valence-corrected chi connectivity index (χ0v) is 42.5. The fourth-order valence-corrected chi connectivity index (χ4v) is 7.41. The van der Waals surface area contributed by atoms with Crippen molar-refractivity contribution in [1.29, 1.82) is 0 Å². The van der Waals surface area contributed by atoms with E-state index < -0.39 is 6.10 Å². The molecule has 0 radical (unpaired) electrons. The molecule has 0 aromatic carbocycles. The molecule has 0 aliphatic heterocycles. The Bertz CT molecular complexity index is 1270. The molecule has 0 bridgehead atoms. The number of unbranched alkanes of at least 4 members (excludes halogenated alkanes) is 26. The fraction of sp³-hybridized carbons (Fsp3) is 0.712. The highest BCUT2D eigenvalue weighted by Crippen LogP contribution is 2.15. The van der Waals surface area contributed by atoms with Gasteiger partial charge in [-0.05, 0) is 77.0 Å². The van der Waals surface area contributed by atoms with E-state index in [0.29, 0.717) is 19.3 Å². The third-order valence-corrected chi connectivity index (χ3v) is 11.5. The van der Waals surface area contributed by atoms with E-state index in [9.17, 15) is 14.4 Å². The summed E-state index contributed by atoms with van der Waals surface area (Å²) in [6, 6.07) is 0. The second kappa shape index (κ2) is 53.2. The second-order valence-electron chi connectivity index (χ2n) is 17.9. The van der Waals surface area contributed by atoms with Crippen LogP contribution >= 0.6 is 0 Å². The van der Waals surface area contributed by atoms with Gasteiger partial charge in [0.2, 0.25) is 0 Å². The molecule has 6 nitrogen and oxygen atoms in total. The quantitative estimate of drug-likeness (QED) is 0.0199. The van der Waals surface area contributed by atoms with E-state index in [-0.39, 0.29) is 31.1 Å². The highest BCUT2D eigenvalue weighted by atomic mass is 16.6. The molecule has 0 saturated heterocycles. The van der Waals surface area contributed by atoms with Gasteiger partial charge in [-0.15, -0.1) is 0 Å². The van der Waals surface area contributed by atoms with Crippen LogP contribution in [-0.4, -0.2) is 37.2 Å². The maximum atomic E-state index is 12.8. The summed E-state index contributed by atoms with van der Waals surface area (Å²) in [7, 11) is 0. The van der Waals surface area contributed by atoms with Crippen molar-refractivity contribution in [3.05, 3.63) is 85.1 Å². The molecule has 0 aliphatic rings. The fourth-order valence-electron chi connectivity index (χ4n) is 7.41. The largest absolute Gasteiger partial charge is 0.462 e. The number of carbonyl (C=O) groups is 3. The van der Waals surface area contributed by atoms with E-state index in [1.54, 1.807) is 0 Å². The first-order valence-electron chi connectivity index (χ1n) is 27.1. The van der Waals surface area contributed by atoms with Gasteiger partial charge in [-0.25, -0.2) is 0 Å². The molecule has 0 N–H and O–H groups in total. The monoisotopic (exact) mass is 905 g/mol. The average molecular weight is 905 g/mol. The van der Waals surface area contributed by atoms with Crippen molar-refractivity contribution in [2.75, 3.05) is 13.2 Å². The van der Waals surface area contributed by atoms with Crippen molar-refractivity contribution in [2.45, 2.75) is 258 Å². The number of rotatable bonds is 48. The van der Waals surface area contributed by atoms with Gasteiger partial charge in [0.1, 0.15) is 13.2 Å². The van der Waals surface area contributed by atoms with Crippen LogP contribution < -0.4 is 0 Å². The summed E-state index contributed by atoms with van der Waals surface area (Å²) in [6.45, 7) is 6.46. The molecular weight excluding hydrogens is 805 g/mol. The van der Waals surface area contributed by atoms with Crippen molar-refractivity contribution in [3.8, 4) is 0 Å². The lowest BCUT2D eigenvalue weighted by atomic mass is 10.0. The molecule has 0 fully saturated rings. The Hall–Kier alpha value is -3.41. The minimum Gasteiger partial charge on any atom is -0.462 e. The summed E-state index contributed by atoms with van der Waals surface area (Å²) in [4.78, 5) is 38.1. The molecule has 0 saturated carbocycles. The summed E-state index contributed by atoms with van der Waals surface area (Å²) >= 11 is 0. The molecule has 0 aromatic heterocycles. The summed E-state index contributed by atoms with van der Waals surface area (Å²) in [5.74, 6) is -0.933. The van der Waals surface area contributed by atoms with Crippen LogP contribution in [0.25, 0.3) is 0 Å².